The van der Waals surface area contributed by atoms with Gasteiger partial charge in [0.15, 0.2) is 0 Å². The molecule has 30 heavy (non-hydrogen) atoms. The van der Waals surface area contributed by atoms with Crippen molar-refractivity contribution in [3.8, 4) is 0 Å². The van der Waals surface area contributed by atoms with Crippen LogP contribution in [0.1, 0.15) is 142 Å². The molecule has 6 heteroatoms. The second kappa shape index (κ2) is 23.7. The van der Waals surface area contributed by atoms with Crippen LogP contribution >= 0.6 is 0 Å². The van der Waals surface area contributed by atoms with E-state index in [0.717, 1.165) is 25.7 Å². The van der Waals surface area contributed by atoms with Gasteiger partial charge in [0.25, 0.3) is 0 Å². The van der Waals surface area contributed by atoms with Gasteiger partial charge in [-0.1, -0.05) is 116 Å². The molecule has 0 aliphatic rings. The zero-order valence-electron chi connectivity index (χ0n) is 20.4. The second-order valence-electron chi connectivity index (χ2n) is 9.09. The van der Waals surface area contributed by atoms with Gasteiger partial charge in [-0.3, -0.25) is 0 Å². The molecule has 0 aliphatic heterocycles. The van der Waals surface area contributed by atoms with Crippen LogP contribution in [0.25, 0.3) is 0 Å². The van der Waals surface area contributed by atoms with Crippen molar-refractivity contribution in [2.75, 3.05) is 0 Å². The Morgan fingerprint density at radius 3 is 1.03 bits per heavy atom. The maximum Gasteiger partial charge on any atom is 1.00 e. The first-order chi connectivity index (χ1) is 13.8. The van der Waals surface area contributed by atoms with Crippen LogP contribution in [0.4, 0.5) is 0 Å². The molecule has 1 N–H and O–H groups in total. The first-order valence-corrected chi connectivity index (χ1v) is 13.9. The third-order valence-electron chi connectivity index (χ3n) is 5.98. The number of unbranched alkanes of at least 4 members (excludes halogenated alkanes) is 17. The summed E-state index contributed by atoms with van der Waals surface area (Å²) >= 11 is 0. The predicted octanol–water partition coefficient (Wildman–Crippen LogP) is 4.11. The van der Waals surface area contributed by atoms with Crippen molar-refractivity contribution in [1.29, 1.82) is 0 Å². The molecule has 0 fully saturated rings. The van der Waals surface area contributed by atoms with Crippen LogP contribution in [0, 0.1) is 0 Å². The minimum atomic E-state index is -4.09. The minimum Gasteiger partial charge on any atom is -0.748 e. The molecule has 0 aromatic carbocycles. The first-order valence-electron chi connectivity index (χ1n) is 12.5. The second-order valence-corrected chi connectivity index (χ2v) is 10.9. The molecule has 2 atom stereocenters. The summed E-state index contributed by atoms with van der Waals surface area (Å²) < 4.78 is 32.4. The number of hydrogen-bond donors (Lipinski definition) is 1. The van der Waals surface area contributed by atoms with E-state index in [0.29, 0.717) is 6.42 Å². The smallest absolute Gasteiger partial charge is 0.748 e. The molecule has 4 nitrogen and oxygen atoms in total. The molecule has 2 unspecified atom stereocenters. The Morgan fingerprint density at radius 1 is 0.567 bits per heavy atom. The van der Waals surface area contributed by atoms with E-state index >= 15 is 0 Å². The van der Waals surface area contributed by atoms with Crippen LogP contribution < -0.4 is 51.4 Å². The summed E-state index contributed by atoms with van der Waals surface area (Å²) in [5.41, 5.74) is 0. The largest absolute Gasteiger partial charge is 1.00 e. The number of aliphatic hydroxyl groups excluding tert-OH is 1. The molecule has 0 aliphatic carbocycles. The van der Waals surface area contributed by atoms with E-state index in [1.807, 2.05) is 6.92 Å². The van der Waals surface area contributed by atoms with Crippen LogP contribution in [-0.2, 0) is 10.1 Å². The summed E-state index contributed by atoms with van der Waals surface area (Å²) in [4.78, 5) is 0. The molecule has 0 saturated carbocycles. The maximum absolute atomic E-state index is 10.8. The fourth-order valence-electron chi connectivity index (χ4n) is 3.84. The van der Waals surface area contributed by atoms with Crippen molar-refractivity contribution in [2.24, 2.45) is 0 Å². The number of aliphatic hydroxyl groups is 1. The Balaban J connectivity index is 0. The van der Waals surface area contributed by atoms with E-state index in [1.54, 1.807) is 0 Å². The van der Waals surface area contributed by atoms with Crippen molar-refractivity contribution < 1.29 is 69.5 Å². The van der Waals surface area contributed by atoms with Gasteiger partial charge in [-0.2, -0.15) is 0 Å². The van der Waals surface area contributed by atoms with Crippen LogP contribution in [0.15, 0.2) is 0 Å². The molecule has 0 saturated heterocycles. The quantitative estimate of drug-likeness (QED) is 0.146. The summed E-state index contributed by atoms with van der Waals surface area (Å²) in [6.07, 6.45) is 24.4. The van der Waals surface area contributed by atoms with E-state index < -0.39 is 15.4 Å². The van der Waals surface area contributed by atoms with Crippen molar-refractivity contribution in [3.63, 3.8) is 0 Å². The maximum atomic E-state index is 10.8. The van der Waals surface area contributed by atoms with E-state index in [9.17, 15) is 18.1 Å². The summed E-state index contributed by atoms with van der Waals surface area (Å²) in [6, 6.07) is 0. The summed E-state index contributed by atoms with van der Waals surface area (Å²) in [6.45, 7) is 3.40. The zero-order valence-corrected chi connectivity index (χ0v) is 24.3. The van der Waals surface area contributed by atoms with Crippen LogP contribution in [0.5, 0.6) is 0 Å². The SMILES string of the molecule is CC(O)CCCCCCCCCCCCCCCCCCCCC(C)S(=O)(=O)[O-].[K+]. The molecule has 0 bridgehead atoms. The number of rotatable bonds is 22. The van der Waals surface area contributed by atoms with Crippen molar-refractivity contribution in [1.82, 2.24) is 0 Å². The van der Waals surface area contributed by atoms with E-state index in [2.05, 4.69) is 0 Å². The Hall–Kier alpha value is 1.51. The van der Waals surface area contributed by atoms with Gasteiger partial charge in [-0.25, -0.2) is 8.42 Å². The number of hydrogen-bond acceptors (Lipinski definition) is 4. The first kappa shape index (κ1) is 33.7. The Kier molecular flexibility index (Phi) is 26.6. The minimum absolute atomic E-state index is 0. The van der Waals surface area contributed by atoms with E-state index in [-0.39, 0.29) is 57.5 Å². The molecule has 0 aromatic rings. The average molecular weight is 473 g/mol. The molecular weight excluding hydrogens is 423 g/mol. The van der Waals surface area contributed by atoms with Gasteiger partial charge in [-0.05, 0) is 26.7 Å². The van der Waals surface area contributed by atoms with Gasteiger partial charge >= 0.3 is 51.4 Å². The monoisotopic (exact) mass is 472 g/mol. The van der Waals surface area contributed by atoms with Crippen LogP contribution in [0.3, 0.4) is 0 Å². The van der Waals surface area contributed by atoms with Crippen molar-refractivity contribution >= 4 is 10.1 Å². The molecule has 0 heterocycles. The Labute approximate surface area is 230 Å². The fraction of sp³-hybridized carbons (Fsp3) is 1.00. The van der Waals surface area contributed by atoms with Gasteiger partial charge < -0.3 is 9.66 Å². The molecule has 0 amide bonds. The van der Waals surface area contributed by atoms with Crippen molar-refractivity contribution in [3.05, 3.63) is 0 Å². The van der Waals surface area contributed by atoms with Crippen molar-refractivity contribution in [2.45, 2.75) is 154 Å². The van der Waals surface area contributed by atoms with Gasteiger partial charge in [0, 0.05) is 5.25 Å². The molecule has 176 valence electrons. The summed E-state index contributed by atoms with van der Waals surface area (Å²) in [5.74, 6) is 0. The van der Waals surface area contributed by atoms with Gasteiger partial charge in [0.1, 0.15) is 0 Å². The molecule has 0 rings (SSSR count). The third-order valence-corrected chi connectivity index (χ3v) is 7.20. The fourth-order valence-corrected chi connectivity index (χ4v) is 4.30. The molecular formula is C24H49KO4S. The zero-order chi connectivity index (χ0) is 21.8. The van der Waals surface area contributed by atoms with E-state index in [4.69, 9.17) is 0 Å². The Bertz CT molecular complexity index is 440. The third kappa shape index (κ3) is 25.8. The molecule has 0 radical (unpaired) electrons. The standard InChI is InChI=1S/C24H50O4S.K/c1-23(25)21-19-17-15-13-11-9-7-5-3-4-6-8-10-12-14-16-18-20-22-24(2)29(26,27)28;/h23-25H,3-22H2,1-2H3,(H,26,27,28);/q;+1/p-1. The molecule has 0 aromatic heterocycles. The normalized spacial score (nSPS) is 13.7. The van der Waals surface area contributed by atoms with Gasteiger partial charge in [0.05, 0.1) is 16.2 Å². The van der Waals surface area contributed by atoms with Gasteiger partial charge in [-0.15, -0.1) is 0 Å². The summed E-state index contributed by atoms with van der Waals surface area (Å²) in [7, 11) is -4.09. The molecule has 0 spiro atoms. The van der Waals surface area contributed by atoms with E-state index in [1.165, 1.54) is 103 Å². The average Bonchev–Trinajstić information content (AvgIpc) is 2.65. The van der Waals surface area contributed by atoms with Gasteiger partial charge in [0.2, 0.25) is 0 Å². The predicted molar refractivity (Wildman–Crippen MR) is 123 cm³/mol. The van der Waals surface area contributed by atoms with Crippen LogP contribution in [-0.4, -0.2) is 29.4 Å². The Morgan fingerprint density at radius 2 is 0.800 bits per heavy atom. The topological polar surface area (TPSA) is 77.4 Å². The summed E-state index contributed by atoms with van der Waals surface area (Å²) in [5, 5.41) is 8.48. The van der Waals surface area contributed by atoms with Crippen LogP contribution in [0.2, 0.25) is 0 Å².